The van der Waals surface area contributed by atoms with Gasteiger partial charge in [-0.3, -0.25) is 4.79 Å². The van der Waals surface area contributed by atoms with E-state index >= 15 is 0 Å². The summed E-state index contributed by atoms with van der Waals surface area (Å²) in [6, 6.07) is 13.7. The second-order valence-corrected chi connectivity index (χ2v) is 15.3. The van der Waals surface area contributed by atoms with Gasteiger partial charge in [-0.1, -0.05) is 48.0 Å². The summed E-state index contributed by atoms with van der Waals surface area (Å²) in [6.07, 6.45) is 3.14. The van der Waals surface area contributed by atoms with E-state index in [1.54, 1.807) is 11.7 Å². The fourth-order valence-corrected chi connectivity index (χ4v) is 6.63. The lowest BCUT2D eigenvalue weighted by atomic mass is 9.80. The highest BCUT2D eigenvalue weighted by atomic mass is 16.5. The minimum Gasteiger partial charge on any atom is -0.494 e. The van der Waals surface area contributed by atoms with Crippen molar-refractivity contribution in [2.75, 3.05) is 31.2 Å². The van der Waals surface area contributed by atoms with Crippen LogP contribution in [0.15, 0.2) is 52.6 Å². The Hall–Kier alpha value is -4.25. The maximum absolute atomic E-state index is 12.9. The molecule has 0 bridgehead atoms. The normalized spacial score (nSPS) is 18.7. The number of carbonyl (C=O) groups excluding carboxylic acids is 1. The zero-order valence-corrected chi connectivity index (χ0v) is 31.3. The number of nitrogens with one attached hydrogen (secondary N) is 1. The average Bonchev–Trinajstić information content (AvgIpc) is 3.63. The molecule has 0 fully saturated rings. The summed E-state index contributed by atoms with van der Waals surface area (Å²) in [4.78, 5) is 27.0. The molecule has 0 aliphatic carbocycles. The number of amides is 1. The zero-order valence-electron chi connectivity index (χ0n) is 31.3. The van der Waals surface area contributed by atoms with Crippen LogP contribution in [0.3, 0.4) is 0 Å². The molecule has 0 saturated carbocycles. The van der Waals surface area contributed by atoms with Crippen LogP contribution in [0.2, 0.25) is 0 Å². The van der Waals surface area contributed by atoms with E-state index in [9.17, 15) is 9.90 Å². The highest BCUT2D eigenvalue weighted by Gasteiger charge is 2.37. The van der Waals surface area contributed by atoms with Crippen LogP contribution in [-0.2, 0) is 4.79 Å². The van der Waals surface area contributed by atoms with Crippen LogP contribution in [0.25, 0.3) is 0 Å². The van der Waals surface area contributed by atoms with Gasteiger partial charge in [-0.05, 0) is 94.0 Å². The molecule has 11 heteroatoms. The molecule has 3 unspecified atom stereocenters. The molecule has 50 heavy (non-hydrogen) atoms. The quantitative estimate of drug-likeness (QED) is 0.175. The zero-order chi connectivity index (χ0) is 36.2. The third-order valence-corrected chi connectivity index (χ3v) is 9.39. The van der Waals surface area contributed by atoms with E-state index in [1.807, 2.05) is 31.2 Å². The molecule has 0 spiro atoms. The highest BCUT2D eigenvalue weighted by molar-refractivity contribution is 6.50. The van der Waals surface area contributed by atoms with E-state index in [2.05, 4.69) is 76.9 Å². The fraction of sp³-hybridized carbons (Fsp3) is 0.564. The standard InChI is InChI=1S/C39H55N7O4/c1-10-11-21-49-29-14-16-30(17-15-29)50-27(4)37(48)40-24-26(3)35-42-36-33(34(38(5,6)7)43-46(36)44-35)41-28-13-18-32-31(22-28)25(2)23-39(8,9)45(32)19-12-20-47/h13-18,22,25-27,47H,10-12,19-21,23-24H2,1-9H3,(H,40,48). The smallest absolute Gasteiger partial charge is 0.260 e. The minimum atomic E-state index is -0.682. The Labute approximate surface area is 297 Å². The van der Waals surface area contributed by atoms with Gasteiger partial charge in [0.25, 0.3) is 5.91 Å². The van der Waals surface area contributed by atoms with E-state index in [0.717, 1.165) is 49.4 Å². The number of aliphatic hydroxyl groups excluding tert-OH is 1. The maximum atomic E-state index is 12.9. The third-order valence-electron chi connectivity index (χ3n) is 9.39. The summed E-state index contributed by atoms with van der Waals surface area (Å²) < 4.78 is 11.6. The molecule has 3 atom stereocenters. The largest absolute Gasteiger partial charge is 0.494 e. The van der Waals surface area contributed by atoms with Crippen molar-refractivity contribution in [3.8, 4) is 11.5 Å². The molecule has 0 saturated heterocycles. The number of carbonyl (C=O) groups is 1. The third kappa shape index (κ3) is 8.37. The molecule has 270 valence electrons. The molecule has 1 aromatic heterocycles. The summed E-state index contributed by atoms with van der Waals surface area (Å²) >= 11 is 0. The summed E-state index contributed by atoms with van der Waals surface area (Å²) in [5.74, 6) is 2.53. The Morgan fingerprint density at radius 3 is 2.52 bits per heavy atom. The van der Waals surface area contributed by atoms with E-state index in [4.69, 9.17) is 29.7 Å². The number of rotatable bonds is 14. The summed E-state index contributed by atoms with van der Waals surface area (Å²) in [6.45, 7) is 21.0. The topological polar surface area (TPSA) is 126 Å². The van der Waals surface area contributed by atoms with Gasteiger partial charge >= 0.3 is 0 Å². The Bertz CT molecular complexity index is 1700. The first-order valence-corrected chi connectivity index (χ1v) is 18.1. The predicted molar refractivity (Wildman–Crippen MR) is 199 cm³/mol. The molecule has 2 aliphatic rings. The van der Waals surface area contributed by atoms with Crippen LogP contribution in [0.4, 0.5) is 11.4 Å². The summed E-state index contributed by atoms with van der Waals surface area (Å²) in [5.41, 5.74) is 4.54. The Morgan fingerprint density at radius 1 is 1.12 bits per heavy atom. The number of nitrogens with zero attached hydrogens (tertiary/aromatic N) is 6. The van der Waals surface area contributed by atoms with E-state index in [1.165, 1.54) is 11.3 Å². The van der Waals surface area contributed by atoms with Crippen LogP contribution in [-0.4, -0.2) is 75.3 Å². The molecule has 3 heterocycles. The lowest BCUT2D eigenvalue weighted by Gasteiger charge is -2.47. The van der Waals surface area contributed by atoms with Gasteiger partial charge in [-0.15, -0.1) is 9.89 Å². The fourth-order valence-electron chi connectivity index (χ4n) is 6.63. The number of benzene rings is 2. The van der Waals surface area contributed by atoms with Crippen molar-refractivity contribution >= 4 is 28.7 Å². The second kappa shape index (κ2) is 15.3. The lowest BCUT2D eigenvalue weighted by Crippen LogP contribution is -2.48. The molecular formula is C39H55N7O4. The van der Waals surface area contributed by atoms with E-state index in [0.29, 0.717) is 42.2 Å². The van der Waals surface area contributed by atoms with Crippen LogP contribution < -0.4 is 19.7 Å². The molecular weight excluding hydrogens is 630 g/mol. The molecule has 2 aromatic carbocycles. The van der Waals surface area contributed by atoms with Crippen molar-refractivity contribution in [2.45, 2.75) is 111 Å². The number of aromatic nitrogens is 3. The number of hydrogen-bond donors (Lipinski definition) is 2. The number of ether oxygens (including phenoxy) is 2. The van der Waals surface area contributed by atoms with Crippen LogP contribution in [0.5, 0.6) is 11.5 Å². The summed E-state index contributed by atoms with van der Waals surface area (Å²) in [7, 11) is 0. The number of hydrogen-bond acceptors (Lipinski definition) is 9. The minimum absolute atomic E-state index is 0.00388. The van der Waals surface area contributed by atoms with Crippen LogP contribution in [0, 0.1) is 5.41 Å². The van der Waals surface area contributed by atoms with Gasteiger partial charge in [0.1, 0.15) is 17.2 Å². The number of fused-ring (bicyclic) bond motifs is 2. The van der Waals surface area contributed by atoms with Crippen molar-refractivity contribution < 1.29 is 19.4 Å². The van der Waals surface area contributed by atoms with E-state index < -0.39 is 6.10 Å². The first kappa shape index (κ1) is 37.0. The first-order chi connectivity index (χ1) is 23.7. The van der Waals surface area contributed by atoms with Gasteiger partial charge in [-0.25, -0.2) is 9.98 Å². The molecule has 2 aliphatic heterocycles. The Morgan fingerprint density at radius 2 is 1.84 bits per heavy atom. The van der Waals surface area contributed by atoms with Crippen molar-refractivity contribution in [1.82, 2.24) is 20.2 Å². The molecule has 2 N–H and O–H groups in total. The Balaban J connectivity index is 1.29. The molecule has 3 aromatic rings. The van der Waals surface area contributed by atoms with Crippen molar-refractivity contribution in [2.24, 2.45) is 15.5 Å². The average molecular weight is 686 g/mol. The van der Waals surface area contributed by atoms with Crippen molar-refractivity contribution in [3.05, 3.63) is 59.7 Å². The number of aliphatic hydroxyl groups is 1. The van der Waals surface area contributed by atoms with Gasteiger partial charge in [-0.2, -0.15) is 5.10 Å². The molecule has 0 radical (unpaired) electrons. The van der Waals surface area contributed by atoms with Gasteiger partial charge < -0.3 is 24.8 Å². The molecule has 1 amide bonds. The SMILES string of the molecule is CCCCOc1ccc(OC(C)C(=O)NCC(C)c2nc3n(n2)N=C(C(C)(C)C)C3=Nc2ccc3c(c2)C(C)CC(C)(C)N3CCCO)cc1. The summed E-state index contributed by atoms with van der Waals surface area (Å²) in [5, 5.41) is 22.1. The predicted octanol–water partition coefficient (Wildman–Crippen LogP) is 7.00. The number of anilines is 1. The van der Waals surface area contributed by atoms with Crippen molar-refractivity contribution in [1.29, 1.82) is 0 Å². The molecule has 11 nitrogen and oxygen atoms in total. The van der Waals surface area contributed by atoms with Crippen LogP contribution in [0.1, 0.15) is 117 Å². The first-order valence-electron chi connectivity index (χ1n) is 18.1. The van der Waals surface area contributed by atoms with Gasteiger partial charge in [0, 0.05) is 42.3 Å². The highest BCUT2D eigenvalue weighted by Crippen LogP contribution is 2.45. The second-order valence-electron chi connectivity index (χ2n) is 15.3. The van der Waals surface area contributed by atoms with Gasteiger partial charge in [0.05, 0.1) is 18.0 Å². The lowest BCUT2D eigenvalue weighted by molar-refractivity contribution is -0.127. The monoisotopic (exact) mass is 685 g/mol. The van der Waals surface area contributed by atoms with Crippen LogP contribution >= 0.6 is 0 Å². The number of aliphatic imine (C=N–C) groups is 1. The van der Waals surface area contributed by atoms with Gasteiger partial charge in [0.15, 0.2) is 11.9 Å². The Kier molecular flexibility index (Phi) is 11.3. The maximum Gasteiger partial charge on any atom is 0.260 e. The van der Waals surface area contributed by atoms with Gasteiger partial charge in [0.2, 0.25) is 5.82 Å². The number of unbranched alkanes of at least 4 members (excludes halogenated alkanes) is 1. The van der Waals surface area contributed by atoms with E-state index in [-0.39, 0.29) is 29.4 Å². The molecule has 5 rings (SSSR count). The van der Waals surface area contributed by atoms with Crippen molar-refractivity contribution in [3.63, 3.8) is 0 Å².